The monoisotopic (exact) mass is 331 g/mol. The van der Waals surface area contributed by atoms with E-state index in [9.17, 15) is 4.79 Å². The van der Waals surface area contributed by atoms with Gasteiger partial charge in [0.2, 0.25) is 0 Å². The minimum atomic E-state index is -0.187. The summed E-state index contributed by atoms with van der Waals surface area (Å²) in [4.78, 5) is 21.3. The van der Waals surface area contributed by atoms with Crippen molar-refractivity contribution in [1.29, 1.82) is 0 Å². The maximum atomic E-state index is 12.5. The van der Waals surface area contributed by atoms with E-state index in [1.54, 1.807) is 6.20 Å². The number of benzene rings is 2. The number of carbonyl (C=O) groups excluding carboxylic acids is 1. The van der Waals surface area contributed by atoms with Gasteiger partial charge < -0.3 is 5.32 Å². The van der Waals surface area contributed by atoms with E-state index in [4.69, 9.17) is 0 Å². The second-order valence-electron chi connectivity index (χ2n) is 5.95. The van der Waals surface area contributed by atoms with Gasteiger partial charge in [-0.15, -0.1) is 0 Å². The highest BCUT2D eigenvalue weighted by Gasteiger charge is 2.12. The van der Waals surface area contributed by atoms with Crippen LogP contribution in [-0.4, -0.2) is 15.9 Å². The molecule has 0 unspecified atom stereocenters. The normalized spacial score (nSPS) is 10.5. The maximum absolute atomic E-state index is 12.5. The first-order valence-electron chi connectivity index (χ1n) is 8.42. The number of amides is 1. The molecule has 126 valence electrons. The number of aryl methyl sites for hydroxylation is 2. The van der Waals surface area contributed by atoms with Crippen LogP contribution in [0.4, 0.5) is 5.69 Å². The Morgan fingerprint density at radius 2 is 1.72 bits per heavy atom. The summed E-state index contributed by atoms with van der Waals surface area (Å²) in [5.41, 5.74) is 4.34. The Kier molecular flexibility index (Phi) is 5.19. The molecule has 25 heavy (non-hydrogen) atoms. The Balaban J connectivity index is 1.72. The third-order valence-corrected chi connectivity index (χ3v) is 4.10. The van der Waals surface area contributed by atoms with E-state index in [-0.39, 0.29) is 5.91 Å². The quantitative estimate of drug-likeness (QED) is 0.762. The number of hydrogen-bond acceptors (Lipinski definition) is 3. The van der Waals surface area contributed by atoms with Crippen molar-refractivity contribution in [2.24, 2.45) is 0 Å². The first-order valence-corrected chi connectivity index (χ1v) is 8.42. The fraction of sp³-hybridized carbons (Fsp3) is 0.190. The molecule has 1 aromatic heterocycles. The second-order valence-corrected chi connectivity index (χ2v) is 5.95. The Hall–Kier alpha value is -3.01. The number of carbonyl (C=O) groups is 1. The van der Waals surface area contributed by atoms with Crippen LogP contribution in [0.5, 0.6) is 0 Å². The summed E-state index contributed by atoms with van der Waals surface area (Å²) in [7, 11) is 0. The first kappa shape index (κ1) is 16.8. The molecule has 4 heteroatoms. The fourth-order valence-corrected chi connectivity index (χ4v) is 2.62. The molecule has 0 saturated heterocycles. The molecule has 0 aliphatic rings. The third-order valence-electron chi connectivity index (χ3n) is 4.10. The maximum Gasteiger partial charge on any atom is 0.259 e. The van der Waals surface area contributed by atoms with Crippen molar-refractivity contribution in [3.05, 3.63) is 89.0 Å². The Labute approximate surface area is 148 Å². The van der Waals surface area contributed by atoms with E-state index in [0.717, 1.165) is 17.7 Å². The molecule has 0 radical (unpaired) electrons. The highest BCUT2D eigenvalue weighted by molar-refractivity contribution is 6.04. The van der Waals surface area contributed by atoms with Crippen molar-refractivity contribution in [1.82, 2.24) is 9.97 Å². The predicted molar refractivity (Wildman–Crippen MR) is 99.8 cm³/mol. The first-order chi connectivity index (χ1) is 12.2. The Morgan fingerprint density at radius 1 is 1.00 bits per heavy atom. The summed E-state index contributed by atoms with van der Waals surface area (Å²) in [5, 5.41) is 2.90. The van der Waals surface area contributed by atoms with Crippen molar-refractivity contribution in [3.63, 3.8) is 0 Å². The van der Waals surface area contributed by atoms with Crippen LogP contribution in [0.1, 0.15) is 39.9 Å². The molecule has 3 rings (SSSR count). The standard InChI is InChI=1S/C21H21N3O/c1-3-16-9-11-18(12-10-16)24-21(25)19-14-22-20(23-15(19)2)13-17-7-5-4-6-8-17/h4-12,14H,3,13H2,1-2H3,(H,24,25). The number of nitrogens with zero attached hydrogens (tertiary/aromatic N) is 2. The number of hydrogen-bond donors (Lipinski definition) is 1. The van der Waals surface area contributed by atoms with Gasteiger partial charge in [0.15, 0.2) is 0 Å². The molecule has 0 aliphatic carbocycles. The van der Waals surface area contributed by atoms with Gasteiger partial charge in [-0.25, -0.2) is 9.97 Å². The lowest BCUT2D eigenvalue weighted by atomic mass is 10.1. The minimum Gasteiger partial charge on any atom is -0.322 e. The molecule has 2 aromatic carbocycles. The van der Waals surface area contributed by atoms with E-state index in [0.29, 0.717) is 23.5 Å². The molecule has 4 nitrogen and oxygen atoms in total. The average molecular weight is 331 g/mol. The van der Waals surface area contributed by atoms with Gasteiger partial charge >= 0.3 is 0 Å². The highest BCUT2D eigenvalue weighted by atomic mass is 16.1. The minimum absolute atomic E-state index is 0.187. The van der Waals surface area contributed by atoms with Gasteiger partial charge in [0.1, 0.15) is 5.82 Å². The number of aromatic nitrogens is 2. The Bertz CT molecular complexity index is 858. The molecule has 0 saturated carbocycles. The van der Waals surface area contributed by atoms with Crippen LogP contribution < -0.4 is 5.32 Å². The van der Waals surface area contributed by atoms with Gasteiger partial charge in [0.25, 0.3) is 5.91 Å². The van der Waals surface area contributed by atoms with E-state index < -0.39 is 0 Å². The molecule has 1 N–H and O–H groups in total. The highest BCUT2D eigenvalue weighted by Crippen LogP contribution is 2.14. The van der Waals surface area contributed by atoms with Crippen LogP contribution in [0, 0.1) is 6.92 Å². The summed E-state index contributed by atoms with van der Waals surface area (Å²) in [6.45, 7) is 3.94. The van der Waals surface area contributed by atoms with Crippen LogP contribution in [0.25, 0.3) is 0 Å². The second kappa shape index (κ2) is 7.71. The average Bonchev–Trinajstić information content (AvgIpc) is 2.63. The number of nitrogens with one attached hydrogen (secondary N) is 1. The molecule has 0 fully saturated rings. The van der Waals surface area contributed by atoms with Crippen molar-refractivity contribution in [2.45, 2.75) is 26.7 Å². The van der Waals surface area contributed by atoms with E-state index in [2.05, 4.69) is 22.2 Å². The predicted octanol–water partition coefficient (Wildman–Crippen LogP) is 4.19. The van der Waals surface area contributed by atoms with Crippen LogP contribution in [-0.2, 0) is 12.8 Å². The molecule has 0 spiro atoms. The molecule has 1 heterocycles. The number of rotatable bonds is 5. The lowest BCUT2D eigenvalue weighted by molar-refractivity contribution is 0.102. The van der Waals surface area contributed by atoms with Crippen molar-refractivity contribution < 1.29 is 4.79 Å². The summed E-state index contributed by atoms with van der Waals surface area (Å²) < 4.78 is 0. The van der Waals surface area contributed by atoms with Crippen molar-refractivity contribution in [3.8, 4) is 0 Å². The largest absolute Gasteiger partial charge is 0.322 e. The fourth-order valence-electron chi connectivity index (χ4n) is 2.62. The lowest BCUT2D eigenvalue weighted by Gasteiger charge is -2.09. The van der Waals surface area contributed by atoms with E-state index in [1.807, 2.05) is 61.5 Å². The van der Waals surface area contributed by atoms with Gasteiger partial charge in [-0.3, -0.25) is 4.79 Å². The molecule has 0 aliphatic heterocycles. The SMILES string of the molecule is CCc1ccc(NC(=O)c2cnc(Cc3ccccc3)nc2C)cc1. The summed E-state index contributed by atoms with van der Waals surface area (Å²) in [6, 6.07) is 17.9. The zero-order valence-electron chi connectivity index (χ0n) is 14.5. The van der Waals surface area contributed by atoms with Gasteiger partial charge in [0.05, 0.1) is 11.3 Å². The van der Waals surface area contributed by atoms with Crippen LogP contribution in [0.3, 0.4) is 0 Å². The molecule has 1 amide bonds. The van der Waals surface area contributed by atoms with Gasteiger partial charge in [-0.1, -0.05) is 49.4 Å². The zero-order valence-corrected chi connectivity index (χ0v) is 14.5. The van der Waals surface area contributed by atoms with Crippen molar-refractivity contribution >= 4 is 11.6 Å². The van der Waals surface area contributed by atoms with Crippen LogP contribution >= 0.6 is 0 Å². The van der Waals surface area contributed by atoms with Crippen LogP contribution in [0.15, 0.2) is 60.8 Å². The van der Waals surface area contributed by atoms with Crippen LogP contribution in [0.2, 0.25) is 0 Å². The number of anilines is 1. The molecule has 0 atom stereocenters. The van der Waals surface area contributed by atoms with Gasteiger partial charge in [0, 0.05) is 18.3 Å². The van der Waals surface area contributed by atoms with E-state index in [1.165, 1.54) is 5.56 Å². The topological polar surface area (TPSA) is 54.9 Å². The van der Waals surface area contributed by atoms with Gasteiger partial charge in [-0.05, 0) is 36.6 Å². The Morgan fingerprint density at radius 3 is 2.36 bits per heavy atom. The third kappa shape index (κ3) is 4.29. The molecular weight excluding hydrogens is 310 g/mol. The van der Waals surface area contributed by atoms with Crippen molar-refractivity contribution in [2.75, 3.05) is 5.32 Å². The lowest BCUT2D eigenvalue weighted by Crippen LogP contribution is -2.15. The van der Waals surface area contributed by atoms with E-state index >= 15 is 0 Å². The zero-order chi connectivity index (χ0) is 17.6. The summed E-state index contributed by atoms with van der Waals surface area (Å²) >= 11 is 0. The molecule has 3 aromatic rings. The van der Waals surface area contributed by atoms with Gasteiger partial charge in [-0.2, -0.15) is 0 Å². The summed E-state index contributed by atoms with van der Waals surface area (Å²) in [6.07, 6.45) is 3.24. The molecular formula is C21H21N3O. The molecule has 0 bridgehead atoms. The summed E-state index contributed by atoms with van der Waals surface area (Å²) in [5.74, 6) is 0.528. The smallest absolute Gasteiger partial charge is 0.259 e.